The Morgan fingerprint density at radius 3 is 2.74 bits per heavy atom. The highest BCUT2D eigenvalue weighted by Gasteiger charge is 2.53. The summed E-state index contributed by atoms with van der Waals surface area (Å²) in [4.78, 5) is 18.8. The molecule has 2 aromatic heterocycles. The maximum Gasteiger partial charge on any atom is 0.308 e. The molecular weight excluding hydrogens is 443 g/mol. The Bertz CT molecular complexity index is 1480. The molecule has 0 spiro atoms. The lowest BCUT2D eigenvalue weighted by atomic mass is 9.97. The van der Waals surface area contributed by atoms with E-state index in [1.165, 1.54) is 12.5 Å². The highest BCUT2D eigenvalue weighted by Crippen LogP contribution is 2.58. The second-order valence-corrected chi connectivity index (χ2v) is 10.2. The van der Waals surface area contributed by atoms with Gasteiger partial charge in [0.05, 0.1) is 12.1 Å². The van der Waals surface area contributed by atoms with E-state index in [2.05, 4.69) is 11.8 Å². The van der Waals surface area contributed by atoms with Gasteiger partial charge in [-0.05, 0) is 48.8 Å². The standard InChI is InChI=1S/C28H27FN4O2/c1-17-22(13-26(34)35)27(32-11-10-28(2)15-20(28)16-32)33-25(30-17)14-24(31-33)19-7-5-6-18(12-19)21-8-3-4-9-23(21)29/h3-9,12,14,20H,10-11,13,15-16H2,1-2H3,(H,34,35). The van der Waals surface area contributed by atoms with Crippen LogP contribution in [0.15, 0.2) is 54.6 Å². The van der Waals surface area contributed by atoms with E-state index < -0.39 is 5.97 Å². The first-order valence-corrected chi connectivity index (χ1v) is 12.0. The van der Waals surface area contributed by atoms with Gasteiger partial charge in [-0.3, -0.25) is 4.79 Å². The molecule has 178 valence electrons. The van der Waals surface area contributed by atoms with E-state index in [0.29, 0.717) is 33.8 Å². The van der Waals surface area contributed by atoms with Gasteiger partial charge in [0.1, 0.15) is 11.6 Å². The lowest BCUT2D eigenvalue weighted by molar-refractivity contribution is -0.136. The lowest BCUT2D eigenvalue weighted by Crippen LogP contribution is -2.36. The number of carbonyl (C=O) groups is 1. The molecule has 35 heavy (non-hydrogen) atoms. The van der Waals surface area contributed by atoms with Gasteiger partial charge in [-0.25, -0.2) is 9.37 Å². The second-order valence-electron chi connectivity index (χ2n) is 10.2. The number of aliphatic carboxylic acids is 1. The summed E-state index contributed by atoms with van der Waals surface area (Å²) in [5.41, 5.74) is 5.42. The van der Waals surface area contributed by atoms with Gasteiger partial charge in [0.25, 0.3) is 0 Å². The number of aromatic nitrogens is 3. The number of aryl methyl sites for hydroxylation is 1. The highest BCUT2D eigenvalue weighted by atomic mass is 19.1. The molecule has 2 atom stereocenters. The molecular formula is C28H27FN4O2. The molecule has 3 heterocycles. The summed E-state index contributed by atoms with van der Waals surface area (Å²) in [5.74, 6) is 0.314. The van der Waals surface area contributed by atoms with Gasteiger partial charge in [-0.2, -0.15) is 9.61 Å². The average molecular weight is 471 g/mol. The number of fused-ring (bicyclic) bond motifs is 2. The van der Waals surface area contributed by atoms with Crippen molar-refractivity contribution in [2.24, 2.45) is 11.3 Å². The van der Waals surface area contributed by atoms with Crippen LogP contribution in [-0.4, -0.2) is 38.8 Å². The zero-order valence-electron chi connectivity index (χ0n) is 19.8. The van der Waals surface area contributed by atoms with Crippen LogP contribution in [0.25, 0.3) is 28.0 Å². The van der Waals surface area contributed by atoms with E-state index in [9.17, 15) is 14.3 Å². The van der Waals surface area contributed by atoms with Crippen molar-refractivity contribution in [1.82, 2.24) is 14.6 Å². The first kappa shape index (κ1) is 21.8. The largest absolute Gasteiger partial charge is 0.481 e. The molecule has 2 fully saturated rings. The van der Waals surface area contributed by atoms with Crippen molar-refractivity contribution in [3.05, 3.63) is 71.7 Å². The van der Waals surface area contributed by atoms with E-state index in [1.807, 2.05) is 43.3 Å². The van der Waals surface area contributed by atoms with Crippen molar-refractivity contribution in [2.45, 2.75) is 33.1 Å². The normalized spacial score (nSPS) is 21.2. The van der Waals surface area contributed by atoms with E-state index >= 15 is 0 Å². The molecule has 7 heteroatoms. The average Bonchev–Trinajstić information content (AvgIpc) is 3.33. The van der Waals surface area contributed by atoms with Crippen LogP contribution in [0.4, 0.5) is 10.2 Å². The minimum atomic E-state index is -0.881. The monoisotopic (exact) mass is 470 g/mol. The first-order chi connectivity index (χ1) is 16.8. The molecule has 1 saturated heterocycles. The summed E-state index contributed by atoms with van der Waals surface area (Å²) in [6.45, 7) is 5.99. The molecule has 1 N–H and O–H groups in total. The number of piperidine rings is 1. The summed E-state index contributed by atoms with van der Waals surface area (Å²) < 4.78 is 16.2. The Morgan fingerprint density at radius 2 is 1.97 bits per heavy atom. The molecule has 0 radical (unpaired) electrons. The Labute approximate surface area is 203 Å². The van der Waals surface area contributed by atoms with Gasteiger partial charge in [-0.15, -0.1) is 0 Å². The summed E-state index contributed by atoms with van der Waals surface area (Å²) in [6.07, 6.45) is 2.21. The Balaban J connectivity index is 1.47. The van der Waals surface area contributed by atoms with E-state index in [-0.39, 0.29) is 12.2 Å². The molecule has 2 aliphatic rings. The van der Waals surface area contributed by atoms with Crippen molar-refractivity contribution in [1.29, 1.82) is 0 Å². The predicted molar refractivity (Wildman–Crippen MR) is 133 cm³/mol. The Kier molecular flexibility index (Phi) is 4.91. The predicted octanol–water partition coefficient (Wildman–Crippen LogP) is 5.37. The number of hydrogen-bond donors (Lipinski definition) is 1. The van der Waals surface area contributed by atoms with Gasteiger partial charge >= 0.3 is 5.97 Å². The van der Waals surface area contributed by atoms with Gasteiger partial charge in [0.15, 0.2) is 5.65 Å². The van der Waals surface area contributed by atoms with Gasteiger partial charge in [-0.1, -0.05) is 43.3 Å². The van der Waals surface area contributed by atoms with Gasteiger partial charge in [0, 0.05) is 41.5 Å². The number of carboxylic acid groups (broad SMARTS) is 1. The van der Waals surface area contributed by atoms with Gasteiger partial charge in [0.2, 0.25) is 0 Å². The lowest BCUT2D eigenvalue weighted by Gasteiger charge is -2.33. The van der Waals surface area contributed by atoms with Crippen molar-refractivity contribution in [2.75, 3.05) is 18.0 Å². The molecule has 0 bridgehead atoms. The maximum absolute atomic E-state index is 14.4. The van der Waals surface area contributed by atoms with Gasteiger partial charge < -0.3 is 10.0 Å². The first-order valence-electron chi connectivity index (χ1n) is 12.0. The summed E-state index contributed by atoms with van der Waals surface area (Å²) in [6, 6.07) is 16.3. The Hall–Kier alpha value is -3.74. The fourth-order valence-corrected chi connectivity index (χ4v) is 5.54. The van der Waals surface area contributed by atoms with Crippen molar-refractivity contribution < 1.29 is 14.3 Å². The van der Waals surface area contributed by atoms with Crippen LogP contribution in [0.3, 0.4) is 0 Å². The number of halogens is 1. The zero-order valence-corrected chi connectivity index (χ0v) is 19.8. The number of hydrogen-bond acceptors (Lipinski definition) is 4. The molecule has 6 nitrogen and oxygen atoms in total. The molecule has 0 amide bonds. The Morgan fingerprint density at radius 1 is 1.17 bits per heavy atom. The topological polar surface area (TPSA) is 70.7 Å². The minimum Gasteiger partial charge on any atom is -0.481 e. The molecule has 1 aliphatic heterocycles. The third-order valence-corrected chi connectivity index (χ3v) is 7.78. The summed E-state index contributed by atoms with van der Waals surface area (Å²) >= 11 is 0. The van der Waals surface area contributed by atoms with Crippen LogP contribution < -0.4 is 4.90 Å². The fourth-order valence-electron chi connectivity index (χ4n) is 5.54. The quantitative estimate of drug-likeness (QED) is 0.424. The molecule has 1 aliphatic carbocycles. The number of benzene rings is 2. The summed E-state index contributed by atoms with van der Waals surface area (Å²) in [5, 5.41) is 14.5. The van der Waals surface area contributed by atoms with E-state index in [4.69, 9.17) is 10.1 Å². The minimum absolute atomic E-state index is 0.0967. The van der Waals surface area contributed by atoms with Crippen molar-refractivity contribution >= 4 is 17.4 Å². The molecule has 6 rings (SSSR count). The number of rotatable bonds is 5. The third-order valence-electron chi connectivity index (χ3n) is 7.78. The molecule has 1 saturated carbocycles. The van der Waals surface area contributed by atoms with Crippen molar-refractivity contribution in [3.63, 3.8) is 0 Å². The highest BCUT2D eigenvalue weighted by molar-refractivity contribution is 5.76. The van der Waals surface area contributed by atoms with Crippen LogP contribution in [0, 0.1) is 24.1 Å². The second kappa shape index (κ2) is 7.90. The molecule has 2 aromatic carbocycles. The van der Waals surface area contributed by atoms with Crippen LogP contribution in [0.5, 0.6) is 0 Å². The number of anilines is 1. The van der Waals surface area contributed by atoms with E-state index in [1.54, 1.807) is 16.6 Å². The number of nitrogens with zero attached hydrogens (tertiary/aromatic N) is 4. The SMILES string of the molecule is Cc1nc2cc(-c3cccc(-c4ccccc4F)c3)nn2c(N2CCC3(C)CC3C2)c1CC(=O)O. The van der Waals surface area contributed by atoms with Crippen LogP contribution in [0.1, 0.15) is 31.0 Å². The molecule has 4 aromatic rings. The van der Waals surface area contributed by atoms with Crippen LogP contribution in [-0.2, 0) is 11.2 Å². The fraction of sp³-hybridized carbons (Fsp3) is 0.321. The van der Waals surface area contributed by atoms with Crippen molar-refractivity contribution in [3.8, 4) is 22.4 Å². The maximum atomic E-state index is 14.4. The third kappa shape index (κ3) is 3.75. The summed E-state index contributed by atoms with van der Waals surface area (Å²) in [7, 11) is 0. The van der Waals surface area contributed by atoms with Crippen LogP contribution >= 0.6 is 0 Å². The molecule has 2 unspecified atom stereocenters. The number of carboxylic acids is 1. The van der Waals surface area contributed by atoms with E-state index in [0.717, 1.165) is 42.1 Å². The zero-order chi connectivity index (χ0) is 24.3. The smallest absolute Gasteiger partial charge is 0.308 e. The van der Waals surface area contributed by atoms with Crippen LogP contribution in [0.2, 0.25) is 0 Å².